The van der Waals surface area contributed by atoms with Crippen LogP contribution in [0.25, 0.3) is 10.9 Å². The third-order valence-electron chi connectivity index (χ3n) is 6.91. The van der Waals surface area contributed by atoms with Gasteiger partial charge in [-0.3, -0.25) is 9.69 Å². The second-order valence-corrected chi connectivity index (χ2v) is 11.2. The molecule has 9 nitrogen and oxygen atoms in total. The third kappa shape index (κ3) is 5.70. The standard InChI is InChI=1S/C31H36N6O3/c1-7-39-24-12-10-22(11-13-24)18-36(19-25-9-8-14-40-25)28(29-33-34-35-37(29)31(4,5)6)26-17-23-16-20(2)15-21(3)27(23)32-30(26)38/h8-17,28H,7,18-19H2,1-6H3,(H,32,38)/t28-/m0/s1. The molecule has 208 valence electrons. The minimum absolute atomic E-state index is 0.177. The van der Waals surface area contributed by atoms with Crippen LogP contribution in [0.15, 0.2) is 70.1 Å². The van der Waals surface area contributed by atoms with E-state index in [9.17, 15) is 4.79 Å². The fraction of sp³-hybridized carbons (Fsp3) is 0.355. The molecule has 3 aromatic heterocycles. The molecule has 0 spiro atoms. The highest BCUT2D eigenvalue weighted by Gasteiger charge is 2.34. The molecule has 1 N–H and O–H groups in total. The van der Waals surface area contributed by atoms with Gasteiger partial charge in [-0.15, -0.1) is 5.10 Å². The van der Waals surface area contributed by atoms with E-state index in [1.165, 1.54) is 0 Å². The number of aromatic amines is 1. The normalized spacial score (nSPS) is 12.8. The van der Waals surface area contributed by atoms with E-state index < -0.39 is 11.6 Å². The average Bonchev–Trinajstić information content (AvgIpc) is 3.59. The molecule has 0 fully saturated rings. The Balaban J connectivity index is 1.70. The zero-order valence-electron chi connectivity index (χ0n) is 23.9. The molecule has 0 saturated carbocycles. The minimum Gasteiger partial charge on any atom is -0.494 e. The molecule has 0 aliphatic heterocycles. The summed E-state index contributed by atoms with van der Waals surface area (Å²) in [7, 11) is 0. The smallest absolute Gasteiger partial charge is 0.253 e. The molecule has 5 rings (SSSR count). The molecule has 0 bridgehead atoms. The van der Waals surface area contributed by atoms with Gasteiger partial charge in [-0.05, 0) is 105 Å². The van der Waals surface area contributed by atoms with Crippen molar-refractivity contribution in [2.45, 2.75) is 66.2 Å². The molecule has 9 heteroatoms. The van der Waals surface area contributed by atoms with Gasteiger partial charge in [0.25, 0.3) is 5.56 Å². The number of tetrazole rings is 1. The molecule has 0 radical (unpaired) electrons. The predicted octanol–water partition coefficient (Wildman–Crippen LogP) is 5.67. The Morgan fingerprint density at radius 2 is 1.85 bits per heavy atom. The number of nitrogens with one attached hydrogen (secondary N) is 1. The maximum absolute atomic E-state index is 13.8. The van der Waals surface area contributed by atoms with Gasteiger partial charge in [0.15, 0.2) is 5.82 Å². The average molecular weight is 541 g/mol. The number of H-pyrrole nitrogens is 1. The van der Waals surface area contributed by atoms with E-state index >= 15 is 0 Å². The van der Waals surface area contributed by atoms with Gasteiger partial charge < -0.3 is 14.1 Å². The number of ether oxygens (including phenoxy) is 1. The summed E-state index contributed by atoms with van der Waals surface area (Å²) in [4.78, 5) is 19.2. The van der Waals surface area contributed by atoms with Crippen molar-refractivity contribution in [3.8, 4) is 5.75 Å². The number of nitrogens with zero attached hydrogens (tertiary/aromatic N) is 5. The van der Waals surface area contributed by atoms with E-state index in [-0.39, 0.29) is 5.56 Å². The molecular weight excluding hydrogens is 504 g/mol. The molecule has 0 aliphatic carbocycles. The topological polar surface area (TPSA) is 102 Å². The van der Waals surface area contributed by atoms with Crippen LogP contribution in [0.5, 0.6) is 5.75 Å². The number of aromatic nitrogens is 5. The van der Waals surface area contributed by atoms with Gasteiger partial charge in [-0.1, -0.05) is 23.8 Å². The van der Waals surface area contributed by atoms with E-state index in [0.29, 0.717) is 31.1 Å². The Kier molecular flexibility index (Phi) is 7.58. The number of furan rings is 1. The number of hydrogen-bond acceptors (Lipinski definition) is 7. The minimum atomic E-state index is -0.570. The summed E-state index contributed by atoms with van der Waals surface area (Å²) >= 11 is 0. The quantitative estimate of drug-likeness (QED) is 0.257. The van der Waals surface area contributed by atoms with Crippen molar-refractivity contribution in [3.05, 3.63) is 105 Å². The Bertz CT molecular complexity index is 1650. The summed E-state index contributed by atoms with van der Waals surface area (Å²) in [6.45, 7) is 13.7. The molecule has 3 heterocycles. The van der Waals surface area contributed by atoms with E-state index in [1.807, 2.05) is 77.1 Å². The molecule has 0 unspecified atom stereocenters. The number of aryl methyl sites for hydroxylation is 2. The molecule has 0 amide bonds. The van der Waals surface area contributed by atoms with Gasteiger partial charge in [0.05, 0.1) is 30.5 Å². The zero-order chi connectivity index (χ0) is 28.4. The molecule has 0 saturated heterocycles. The molecule has 1 atom stereocenters. The van der Waals surface area contributed by atoms with Crippen LogP contribution in [-0.2, 0) is 18.6 Å². The SMILES string of the molecule is CCOc1ccc(CN(Cc2ccco2)[C@@H](c2cc3cc(C)cc(C)c3[nH]c2=O)c2nnnn2C(C)(C)C)cc1. The van der Waals surface area contributed by atoms with Crippen molar-refractivity contribution < 1.29 is 9.15 Å². The molecule has 5 aromatic rings. The van der Waals surface area contributed by atoms with Crippen molar-refractivity contribution in [3.63, 3.8) is 0 Å². The summed E-state index contributed by atoms with van der Waals surface area (Å²) in [5.41, 5.74) is 4.01. The van der Waals surface area contributed by atoms with Crippen molar-refractivity contribution >= 4 is 10.9 Å². The second kappa shape index (κ2) is 11.1. The Morgan fingerprint density at radius 3 is 2.52 bits per heavy atom. The van der Waals surface area contributed by atoms with Crippen molar-refractivity contribution in [2.24, 2.45) is 0 Å². The van der Waals surface area contributed by atoms with Crippen molar-refractivity contribution in [1.82, 2.24) is 30.1 Å². The highest BCUT2D eigenvalue weighted by molar-refractivity contribution is 5.83. The fourth-order valence-corrected chi connectivity index (χ4v) is 5.18. The molecule has 2 aromatic carbocycles. The largest absolute Gasteiger partial charge is 0.494 e. The summed E-state index contributed by atoms with van der Waals surface area (Å²) in [6.07, 6.45) is 1.66. The zero-order valence-corrected chi connectivity index (χ0v) is 23.9. The van der Waals surface area contributed by atoms with Crippen LogP contribution in [0.1, 0.15) is 67.6 Å². The molecule has 40 heavy (non-hydrogen) atoms. The van der Waals surface area contributed by atoms with Crippen LogP contribution in [-0.4, -0.2) is 36.7 Å². The first-order valence-electron chi connectivity index (χ1n) is 13.5. The summed E-state index contributed by atoms with van der Waals surface area (Å²) in [5.74, 6) is 2.17. The fourth-order valence-electron chi connectivity index (χ4n) is 5.18. The van der Waals surface area contributed by atoms with Crippen LogP contribution in [0.4, 0.5) is 0 Å². The van der Waals surface area contributed by atoms with Crippen LogP contribution in [0, 0.1) is 13.8 Å². The molecular formula is C31H36N6O3. The van der Waals surface area contributed by atoms with E-state index in [0.717, 1.165) is 39.1 Å². The number of pyridine rings is 1. The van der Waals surface area contributed by atoms with Crippen molar-refractivity contribution in [1.29, 1.82) is 0 Å². The van der Waals surface area contributed by atoms with Gasteiger partial charge in [0, 0.05) is 12.1 Å². The summed E-state index contributed by atoms with van der Waals surface area (Å²) in [6, 6.07) is 17.4. The summed E-state index contributed by atoms with van der Waals surface area (Å²) in [5, 5.41) is 13.9. The van der Waals surface area contributed by atoms with Crippen LogP contribution in [0.2, 0.25) is 0 Å². The number of fused-ring (bicyclic) bond motifs is 1. The monoisotopic (exact) mass is 540 g/mol. The first-order valence-corrected chi connectivity index (χ1v) is 13.5. The third-order valence-corrected chi connectivity index (χ3v) is 6.91. The van der Waals surface area contributed by atoms with Gasteiger partial charge in [-0.25, -0.2) is 4.68 Å². The van der Waals surface area contributed by atoms with Gasteiger partial charge >= 0.3 is 0 Å². The maximum atomic E-state index is 13.8. The van der Waals surface area contributed by atoms with E-state index in [4.69, 9.17) is 9.15 Å². The lowest BCUT2D eigenvalue weighted by Gasteiger charge is -2.32. The van der Waals surface area contributed by atoms with E-state index in [2.05, 4.69) is 44.5 Å². The van der Waals surface area contributed by atoms with Crippen LogP contribution in [0.3, 0.4) is 0 Å². The Morgan fingerprint density at radius 1 is 1.07 bits per heavy atom. The van der Waals surface area contributed by atoms with Gasteiger partial charge in [0.2, 0.25) is 0 Å². The highest BCUT2D eigenvalue weighted by atomic mass is 16.5. The van der Waals surface area contributed by atoms with Crippen LogP contribution >= 0.6 is 0 Å². The second-order valence-electron chi connectivity index (χ2n) is 11.2. The summed E-state index contributed by atoms with van der Waals surface area (Å²) < 4.78 is 13.2. The lowest BCUT2D eigenvalue weighted by atomic mass is 9.99. The number of rotatable bonds is 9. The van der Waals surface area contributed by atoms with Gasteiger partial charge in [0.1, 0.15) is 17.6 Å². The Hall–Kier alpha value is -4.24. The van der Waals surface area contributed by atoms with Gasteiger partial charge in [-0.2, -0.15) is 0 Å². The Labute approximate surface area is 233 Å². The number of benzene rings is 2. The molecule has 0 aliphatic rings. The predicted molar refractivity (Wildman–Crippen MR) is 154 cm³/mol. The maximum Gasteiger partial charge on any atom is 0.253 e. The van der Waals surface area contributed by atoms with E-state index in [1.54, 1.807) is 10.9 Å². The lowest BCUT2D eigenvalue weighted by Crippen LogP contribution is -2.37. The first-order chi connectivity index (χ1) is 19.1. The number of hydrogen-bond donors (Lipinski definition) is 1. The first kappa shape index (κ1) is 27.3. The van der Waals surface area contributed by atoms with Crippen LogP contribution < -0.4 is 10.3 Å². The van der Waals surface area contributed by atoms with Crippen molar-refractivity contribution in [2.75, 3.05) is 6.61 Å². The highest BCUT2D eigenvalue weighted by Crippen LogP contribution is 2.33. The lowest BCUT2D eigenvalue weighted by molar-refractivity contribution is 0.171.